The molecule has 2 heterocycles. The maximum atomic E-state index is 13.1. The maximum absolute atomic E-state index is 13.1. The predicted octanol–water partition coefficient (Wildman–Crippen LogP) is 4.55. The summed E-state index contributed by atoms with van der Waals surface area (Å²) in [5.41, 5.74) is 4.57. The Labute approximate surface area is 174 Å². The number of aromatic nitrogens is 2. The van der Waals surface area contributed by atoms with Gasteiger partial charge in [-0.2, -0.15) is 0 Å². The lowest BCUT2D eigenvalue weighted by Crippen LogP contribution is -2.28. The zero-order chi connectivity index (χ0) is 20.3. The van der Waals surface area contributed by atoms with Crippen molar-refractivity contribution in [3.63, 3.8) is 0 Å². The van der Waals surface area contributed by atoms with E-state index < -0.39 is 0 Å². The van der Waals surface area contributed by atoms with Gasteiger partial charge in [-0.3, -0.25) is 4.79 Å². The standard InChI is InChI=1S/C24H20N4O2/c29-24(28-14-13-17-7-4-5-12-21(17)28)19-10-6-11-20(15-19)25-16-22-26-27-23(30-22)18-8-2-1-3-9-18/h1-12,15,25H,13-14,16H2. The number of hydrogen-bond donors (Lipinski definition) is 1. The van der Waals surface area contributed by atoms with Crippen LogP contribution >= 0.6 is 0 Å². The number of para-hydroxylation sites is 1. The summed E-state index contributed by atoms with van der Waals surface area (Å²) in [7, 11) is 0. The van der Waals surface area contributed by atoms with Crippen LogP contribution in [0.3, 0.4) is 0 Å². The van der Waals surface area contributed by atoms with Crippen molar-refractivity contribution in [1.29, 1.82) is 0 Å². The van der Waals surface area contributed by atoms with E-state index in [0.717, 1.165) is 23.4 Å². The van der Waals surface area contributed by atoms with Crippen molar-refractivity contribution in [2.45, 2.75) is 13.0 Å². The minimum Gasteiger partial charge on any atom is -0.419 e. The highest BCUT2D eigenvalue weighted by molar-refractivity contribution is 6.07. The Balaban J connectivity index is 1.28. The fourth-order valence-electron chi connectivity index (χ4n) is 3.67. The Bertz CT molecular complexity index is 1190. The summed E-state index contributed by atoms with van der Waals surface area (Å²) in [6.45, 7) is 1.09. The van der Waals surface area contributed by atoms with Crippen molar-refractivity contribution in [1.82, 2.24) is 10.2 Å². The van der Waals surface area contributed by atoms with E-state index in [1.165, 1.54) is 5.56 Å². The summed E-state index contributed by atoms with van der Waals surface area (Å²) < 4.78 is 5.73. The number of nitrogens with zero attached hydrogens (tertiary/aromatic N) is 3. The number of carbonyl (C=O) groups excluding carboxylic acids is 1. The van der Waals surface area contributed by atoms with E-state index in [-0.39, 0.29) is 5.91 Å². The van der Waals surface area contributed by atoms with Crippen molar-refractivity contribution in [3.05, 3.63) is 95.9 Å². The molecule has 0 saturated carbocycles. The molecule has 0 radical (unpaired) electrons. The SMILES string of the molecule is O=C(c1cccc(NCc2nnc(-c3ccccc3)o2)c1)N1CCc2ccccc21. The lowest BCUT2D eigenvalue weighted by molar-refractivity contribution is 0.0989. The second kappa shape index (κ2) is 7.83. The van der Waals surface area contributed by atoms with Crippen molar-refractivity contribution in [2.75, 3.05) is 16.8 Å². The molecule has 1 aromatic heterocycles. The van der Waals surface area contributed by atoms with Crippen LogP contribution < -0.4 is 10.2 Å². The first kappa shape index (κ1) is 18.1. The van der Waals surface area contributed by atoms with E-state index in [1.54, 1.807) is 0 Å². The average Bonchev–Trinajstić information content (AvgIpc) is 3.45. The Morgan fingerprint density at radius 3 is 2.70 bits per heavy atom. The van der Waals surface area contributed by atoms with E-state index >= 15 is 0 Å². The number of anilines is 2. The number of amides is 1. The average molecular weight is 396 g/mol. The van der Waals surface area contributed by atoms with Gasteiger partial charge in [-0.15, -0.1) is 10.2 Å². The molecule has 0 saturated heterocycles. The summed E-state index contributed by atoms with van der Waals surface area (Å²) in [6.07, 6.45) is 0.890. The van der Waals surface area contributed by atoms with Gasteiger partial charge >= 0.3 is 0 Å². The molecule has 6 nitrogen and oxygen atoms in total. The molecule has 1 N–H and O–H groups in total. The van der Waals surface area contributed by atoms with Gasteiger partial charge in [-0.05, 0) is 48.4 Å². The molecule has 1 aliphatic heterocycles. The summed E-state index contributed by atoms with van der Waals surface area (Å²) in [5.74, 6) is 0.982. The molecule has 0 fully saturated rings. The van der Waals surface area contributed by atoms with Gasteiger partial charge in [0.2, 0.25) is 11.8 Å². The van der Waals surface area contributed by atoms with Gasteiger partial charge in [0.15, 0.2) is 0 Å². The van der Waals surface area contributed by atoms with E-state index in [0.29, 0.717) is 30.4 Å². The third-order valence-corrected chi connectivity index (χ3v) is 5.17. The van der Waals surface area contributed by atoms with Gasteiger partial charge in [0.05, 0.1) is 6.54 Å². The van der Waals surface area contributed by atoms with E-state index in [9.17, 15) is 4.79 Å². The van der Waals surface area contributed by atoms with Crippen molar-refractivity contribution in [3.8, 4) is 11.5 Å². The zero-order valence-corrected chi connectivity index (χ0v) is 16.3. The lowest BCUT2D eigenvalue weighted by atomic mass is 10.1. The fraction of sp³-hybridized carbons (Fsp3) is 0.125. The molecule has 1 amide bonds. The van der Waals surface area contributed by atoms with Crippen LogP contribution in [0.1, 0.15) is 21.8 Å². The van der Waals surface area contributed by atoms with Crippen LogP contribution in [0, 0.1) is 0 Å². The third-order valence-electron chi connectivity index (χ3n) is 5.17. The molecule has 30 heavy (non-hydrogen) atoms. The minimum atomic E-state index is 0.00718. The molecule has 6 heteroatoms. The van der Waals surface area contributed by atoms with Gasteiger partial charge in [-0.1, -0.05) is 42.5 Å². The first-order valence-corrected chi connectivity index (χ1v) is 9.89. The molecule has 0 atom stereocenters. The smallest absolute Gasteiger partial charge is 0.258 e. The van der Waals surface area contributed by atoms with Crippen LogP contribution in [0.2, 0.25) is 0 Å². The highest BCUT2D eigenvalue weighted by atomic mass is 16.4. The number of fused-ring (bicyclic) bond motifs is 1. The van der Waals surface area contributed by atoms with E-state index in [1.807, 2.05) is 77.7 Å². The first-order valence-electron chi connectivity index (χ1n) is 9.89. The summed E-state index contributed by atoms with van der Waals surface area (Å²) in [5, 5.41) is 11.5. The Morgan fingerprint density at radius 2 is 1.80 bits per heavy atom. The topological polar surface area (TPSA) is 71.3 Å². The van der Waals surface area contributed by atoms with Gasteiger partial charge in [0, 0.05) is 29.0 Å². The molecule has 1 aliphatic rings. The molecule has 0 unspecified atom stereocenters. The van der Waals surface area contributed by atoms with Crippen LogP contribution in [0.15, 0.2) is 83.3 Å². The molecule has 0 aliphatic carbocycles. The second-order valence-electron chi connectivity index (χ2n) is 7.14. The molecule has 5 rings (SSSR count). The summed E-state index contributed by atoms with van der Waals surface area (Å²) >= 11 is 0. The number of nitrogens with one attached hydrogen (secondary N) is 1. The van der Waals surface area contributed by atoms with Crippen LogP contribution in [-0.4, -0.2) is 22.6 Å². The van der Waals surface area contributed by atoms with Crippen molar-refractivity contribution < 1.29 is 9.21 Å². The maximum Gasteiger partial charge on any atom is 0.258 e. The van der Waals surface area contributed by atoms with Crippen molar-refractivity contribution >= 4 is 17.3 Å². The lowest BCUT2D eigenvalue weighted by Gasteiger charge is -2.18. The Hall–Kier alpha value is -3.93. The van der Waals surface area contributed by atoms with Crippen LogP contribution in [0.25, 0.3) is 11.5 Å². The number of hydrogen-bond acceptors (Lipinski definition) is 5. The van der Waals surface area contributed by atoms with Gasteiger partial charge in [-0.25, -0.2) is 0 Å². The third kappa shape index (κ3) is 3.55. The molecule has 0 bridgehead atoms. The van der Waals surface area contributed by atoms with E-state index in [2.05, 4.69) is 21.6 Å². The number of carbonyl (C=O) groups is 1. The van der Waals surface area contributed by atoms with Crippen LogP contribution in [0.4, 0.5) is 11.4 Å². The molecular weight excluding hydrogens is 376 g/mol. The second-order valence-corrected chi connectivity index (χ2v) is 7.14. The number of rotatable bonds is 5. The van der Waals surface area contributed by atoms with Gasteiger partial charge in [0.1, 0.15) is 0 Å². The normalized spacial score (nSPS) is 12.6. The fourth-order valence-corrected chi connectivity index (χ4v) is 3.67. The van der Waals surface area contributed by atoms with E-state index in [4.69, 9.17) is 4.42 Å². The van der Waals surface area contributed by atoms with Crippen LogP contribution in [-0.2, 0) is 13.0 Å². The monoisotopic (exact) mass is 396 g/mol. The largest absolute Gasteiger partial charge is 0.419 e. The molecule has 148 valence electrons. The Morgan fingerprint density at radius 1 is 0.967 bits per heavy atom. The zero-order valence-electron chi connectivity index (χ0n) is 16.3. The highest BCUT2D eigenvalue weighted by Crippen LogP contribution is 2.29. The molecule has 3 aromatic carbocycles. The Kier molecular flexibility index (Phi) is 4.73. The van der Waals surface area contributed by atoms with Crippen molar-refractivity contribution in [2.24, 2.45) is 0 Å². The molecule has 0 spiro atoms. The summed E-state index contributed by atoms with van der Waals surface area (Å²) in [4.78, 5) is 14.9. The first-order chi connectivity index (χ1) is 14.8. The minimum absolute atomic E-state index is 0.00718. The predicted molar refractivity (Wildman–Crippen MR) is 115 cm³/mol. The highest BCUT2D eigenvalue weighted by Gasteiger charge is 2.25. The summed E-state index contributed by atoms with van der Waals surface area (Å²) in [6, 6.07) is 25.2. The van der Waals surface area contributed by atoms with Crippen LogP contribution in [0.5, 0.6) is 0 Å². The quantitative estimate of drug-likeness (QED) is 0.536. The van der Waals surface area contributed by atoms with Gasteiger partial charge in [0.25, 0.3) is 5.91 Å². The molecule has 4 aromatic rings. The molecular formula is C24H20N4O2. The number of benzene rings is 3. The van der Waals surface area contributed by atoms with Gasteiger partial charge < -0.3 is 14.6 Å².